The highest BCUT2D eigenvalue weighted by atomic mass is 16.5. The number of morpholine rings is 1. The van der Waals surface area contributed by atoms with Crippen LogP contribution >= 0.6 is 0 Å². The van der Waals surface area contributed by atoms with Crippen LogP contribution in [0.5, 0.6) is 0 Å². The van der Waals surface area contributed by atoms with Crippen LogP contribution in [0.15, 0.2) is 18.2 Å². The largest absolute Gasteiger partial charge is 0.362 e. The lowest BCUT2D eigenvalue weighted by molar-refractivity contribution is -0.158. The van der Waals surface area contributed by atoms with Crippen molar-refractivity contribution in [1.29, 1.82) is 0 Å². The van der Waals surface area contributed by atoms with Crippen molar-refractivity contribution in [1.82, 2.24) is 10.2 Å². The third kappa shape index (κ3) is 3.05. The number of likely N-dealkylation sites (N-methyl/N-ethyl adjacent to an activating group) is 1. The molecule has 1 atom stereocenters. The Morgan fingerprint density at radius 1 is 1.20 bits per heavy atom. The van der Waals surface area contributed by atoms with Gasteiger partial charge in [0.15, 0.2) is 0 Å². The summed E-state index contributed by atoms with van der Waals surface area (Å²) in [6.07, 6.45) is 0. The van der Waals surface area contributed by atoms with Gasteiger partial charge >= 0.3 is 0 Å². The van der Waals surface area contributed by atoms with Gasteiger partial charge in [0.1, 0.15) is 13.2 Å². The first-order valence-electron chi connectivity index (χ1n) is 6.68. The fourth-order valence-electron chi connectivity index (χ4n) is 2.25. The Kier molecular flexibility index (Phi) is 4.52. The predicted molar refractivity (Wildman–Crippen MR) is 75.3 cm³/mol. The highest BCUT2D eigenvalue weighted by Crippen LogP contribution is 2.19. The molecule has 2 amide bonds. The number of amides is 2. The molecule has 1 unspecified atom stereocenters. The first kappa shape index (κ1) is 14.7. The standard InChI is InChI=1S/C15H20N2O3/c1-10-4-5-12(6-11(10)2)13(16-3)7-17-14(18)8-20-9-15(17)19/h4-6,13,16H,7-9H2,1-3H3. The van der Waals surface area contributed by atoms with E-state index in [1.54, 1.807) is 0 Å². The van der Waals surface area contributed by atoms with Crippen molar-refractivity contribution in [3.05, 3.63) is 34.9 Å². The topological polar surface area (TPSA) is 58.6 Å². The van der Waals surface area contributed by atoms with Crippen molar-refractivity contribution in [2.45, 2.75) is 19.9 Å². The van der Waals surface area contributed by atoms with Crippen LogP contribution in [0.2, 0.25) is 0 Å². The van der Waals surface area contributed by atoms with Gasteiger partial charge in [-0.1, -0.05) is 18.2 Å². The molecule has 1 aromatic rings. The van der Waals surface area contributed by atoms with Gasteiger partial charge in [0.2, 0.25) is 0 Å². The minimum absolute atomic E-state index is 0.0188. The first-order chi connectivity index (χ1) is 9.52. The zero-order chi connectivity index (χ0) is 14.7. The summed E-state index contributed by atoms with van der Waals surface area (Å²) < 4.78 is 4.92. The van der Waals surface area contributed by atoms with E-state index in [2.05, 4.69) is 31.3 Å². The van der Waals surface area contributed by atoms with Crippen molar-refractivity contribution in [2.75, 3.05) is 26.8 Å². The molecule has 1 heterocycles. The van der Waals surface area contributed by atoms with Crippen molar-refractivity contribution in [3.63, 3.8) is 0 Å². The summed E-state index contributed by atoms with van der Waals surface area (Å²) in [5, 5.41) is 3.17. The molecule has 1 aliphatic heterocycles. The van der Waals surface area contributed by atoms with E-state index in [0.717, 1.165) is 5.56 Å². The number of hydrogen-bond donors (Lipinski definition) is 1. The molecule has 108 valence electrons. The summed E-state index contributed by atoms with van der Waals surface area (Å²) in [7, 11) is 1.83. The van der Waals surface area contributed by atoms with E-state index in [-0.39, 0.29) is 31.1 Å². The number of carbonyl (C=O) groups is 2. The molecule has 20 heavy (non-hydrogen) atoms. The number of hydrogen-bond acceptors (Lipinski definition) is 4. The highest BCUT2D eigenvalue weighted by molar-refractivity contribution is 5.98. The molecule has 5 nitrogen and oxygen atoms in total. The first-order valence-corrected chi connectivity index (χ1v) is 6.68. The normalized spacial score (nSPS) is 17.4. The molecule has 0 aliphatic carbocycles. The van der Waals surface area contributed by atoms with Crippen LogP contribution in [-0.4, -0.2) is 43.5 Å². The number of carbonyl (C=O) groups excluding carboxylic acids is 2. The van der Waals surface area contributed by atoms with Gasteiger partial charge in [-0.25, -0.2) is 0 Å². The highest BCUT2D eigenvalue weighted by Gasteiger charge is 2.29. The molecule has 1 aromatic carbocycles. The lowest BCUT2D eigenvalue weighted by Crippen LogP contribution is -2.49. The maximum absolute atomic E-state index is 11.8. The molecule has 1 N–H and O–H groups in total. The molecule has 5 heteroatoms. The van der Waals surface area contributed by atoms with Gasteiger partial charge in [-0.05, 0) is 37.6 Å². The smallest absolute Gasteiger partial charge is 0.255 e. The van der Waals surface area contributed by atoms with Crippen LogP contribution in [0.3, 0.4) is 0 Å². The summed E-state index contributed by atoms with van der Waals surface area (Å²) in [5.41, 5.74) is 3.49. The van der Waals surface area contributed by atoms with E-state index >= 15 is 0 Å². The Labute approximate surface area is 118 Å². The van der Waals surface area contributed by atoms with Crippen LogP contribution in [0.25, 0.3) is 0 Å². The fourth-order valence-corrected chi connectivity index (χ4v) is 2.25. The number of rotatable bonds is 4. The Bertz CT molecular complexity index is 512. The van der Waals surface area contributed by atoms with Crippen molar-refractivity contribution < 1.29 is 14.3 Å². The zero-order valence-corrected chi connectivity index (χ0v) is 12.1. The zero-order valence-electron chi connectivity index (χ0n) is 12.1. The third-order valence-electron chi connectivity index (χ3n) is 3.70. The minimum atomic E-state index is -0.273. The number of aryl methyl sites for hydroxylation is 2. The summed E-state index contributed by atoms with van der Waals surface area (Å²) >= 11 is 0. The van der Waals surface area contributed by atoms with Crippen molar-refractivity contribution >= 4 is 11.8 Å². The Morgan fingerprint density at radius 2 is 1.85 bits per heavy atom. The van der Waals surface area contributed by atoms with Gasteiger partial charge in [0.25, 0.3) is 11.8 Å². The Balaban J connectivity index is 2.17. The Hall–Kier alpha value is -1.72. The summed E-state index contributed by atoms with van der Waals surface area (Å²) in [4.78, 5) is 24.8. The van der Waals surface area contributed by atoms with Gasteiger partial charge in [0, 0.05) is 6.54 Å². The monoisotopic (exact) mass is 276 g/mol. The van der Waals surface area contributed by atoms with Crippen LogP contribution in [-0.2, 0) is 14.3 Å². The maximum Gasteiger partial charge on any atom is 0.255 e. The lowest BCUT2D eigenvalue weighted by Gasteiger charge is -2.29. The predicted octanol–water partition coefficient (Wildman–Crippen LogP) is 0.949. The van der Waals surface area contributed by atoms with Crippen molar-refractivity contribution in [3.8, 4) is 0 Å². The second-order valence-electron chi connectivity index (χ2n) is 5.08. The van der Waals surface area contributed by atoms with E-state index in [1.807, 2.05) is 13.1 Å². The molecule has 0 aromatic heterocycles. The number of imide groups is 1. The number of nitrogens with zero attached hydrogens (tertiary/aromatic N) is 1. The van der Waals surface area contributed by atoms with Crippen LogP contribution in [0, 0.1) is 13.8 Å². The van der Waals surface area contributed by atoms with E-state index in [4.69, 9.17) is 4.74 Å². The molecule has 1 saturated heterocycles. The third-order valence-corrected chi connectivity index (χ3v) is 3.70. The van der Waals surface area contributed by atoms with Crippen LogP contribution in [0.4, 0.5) is 0 Å². The number of benzene rings is 1. The van der Waals surface area contributed by atoms with Gasteiger partial charge < -0.3 is 10.1 Å². The molecular formula is C15H20N2O3. The second kappa shape index (κ2) is 6.15. The molecule has 1 fully saturated rings. The van der Waals surface area contributed by atoms with E-state index in [1.165, 1.54) is 16.0 Å². The fraction of sp³-hybridized carbons (Fsp3) is 0.467. The van der Waals surface area contributed by atoms with Gasteiger partial charge in [0.05, 0.1) is 6.04 Å². The molecule has 0 radical (unpaired) electrons. The lowest BCUT2D eigenvalue weighted by atomic mass is 10.0. The number of nitrogens with one attached hydrogen (secondary N) is 1. The van der Waals surface area contributed by atoms with Crippen LogP contribution < -0.4 is 5.32 Å². The van der Waals surface area contributed by atoms with Gasteiger partial charge in [-0.2, -0.15) is 0 Å². The molecular weight excluding hydrogens is 256 g/mol. The number of ether oxygens (including phenoxy) is 1. The quantitative estimate of drug-likeness (QED) is 0.832. The maximum atomic E-state index is 11.8. The average Bonchev–Trinajstić information content (AvgIpc) is 2.42. The van der Waals surface area contributed by atoms with E-state index in [0.29, 0.717) is 6.54 Å². The van der Waals surface area contributed by atoms with E-state index in [9.17, 15) is 9.59 Å². The Morgan fingerprint density at radius 3 is 2.40 bits per heavy atom. The van der Waals surface area contributed by atoms with Gasteiger partial charge in [-0.15, -0.1) is 0 Å². The van der Waals surface area contributed by atoms with Crippen molar-refractivity contribution in [2.24, 2.45) is 0 Å². The second-order valence-corrected chi connectivity index (χ2v) is 5.08. The summed E-state index contributed by atoms with van der Waals surface area (Å²) in [6, 6.07) is 6.10. The van der Waals surface area contributed by atoms with Gasteiger partial charge in [-0.3, -0.25) is 14.5 Å². The summed E-state index contributed by atoms with van der Waals surface area (Å²) in [5.74, 6) is -0.546. The molecule has 1 aliphatic rings. The molecule has 0 spiro atoms. The molecule has 2 rings (SSSR count). The summed E-state index contributed by atoms with van der Waals surface area (Å²) in [6.45, 7) is 4.41. The minimum Gasteiger partial charge on any atom is -0.362 e. The molecule has 0 bridgehead atoms. The average molecular weight is 276 g/mol. The SMILES string of the molecule is CNC(CN1C(=O)COCC1=O)c1ccc(C)c(C)c1. The molecule has 0 saturated carbocycles. The van der Waals surface area contributed by atoms with E-state index < -0.39 is 0 Å². The van der Waals surface area contributed by atoms with Crippen LogP contribution in [0.1, 0.15) is 22.7 Å².